The van der Waals surface area contributed by atoms with Crippen LogP contribution in [-0.2, 0) is 6.42 Å². The molecule has 0 spiro atoms. The highest BCUT2D eigenvalue weighted by Crippen LogP contribution is 2.13. The molecule has 1 aromatic heterocycles. The number of rotatable bonds is 7. The summed E-state index contributed by atoms with van der Waals surface area (Å²) in [5, 5.41) is 3.54. The van der Waals surface area contributed by atoms with E-state index in [1.807, 2.05) is 12.4 Å². The van der Waals surface area contributed by atoms with Gasteiger partial charge in [-0.3, -0.25) is 4.98 Å². The monoisotopic (exact) mass is 284 g/mol. The van der Waals surface area contributed by atoms with Crippen LogP contribution in [-0.4, -0.2) is 17.6 Å². The summed E-state index contributed by atoms with van der Waals surface area (Å²) in [7, 11) is 0. The molecule has 0 aliphatic carbocycles. The first-order chi connectivity index (χ1) is 7.76. The number of nitrogens with one attached hydrogen (secondary N) is 1. The van der Waals surface area contributed by atoms with E-state index in [-0.39, 0.29) is 0 Å². The lowest BCUT2D eigenvalue weighted by molar-refractivity contribution is 0.459. The zero-order valence-electron chi connectivity index (χ0n) is 10.2. The molecule has 90 valence electrons. The molecule has 0 bridgehead atoms. The summed E-state index contributed by atoms with van der Waals surface area (Å²) in [5.41, 5.74) is 1.31. The van der Waals surface area contributed by atoms with Gasteiger partial charge in [0.15, 0.2) is 0 Å². The SMILES string of the molecule is CCCC(CCc1cncc(Br)c1)NCC. The predicted molar refractivity (Wildman–Crippen MR) is 72.6 cm³/mol. The van der Waals surface area contributed by atoms with Crippen molar-refractivity contribution in [3.05, 3.63) is 28.5 Å². The fourth-order valence-corrected chi connectivity index (χ4v) is 2.33. The van der Waals surface area contributed by atoms with Crippen molar-refractivity contribution < 1.29 is 0 Å². The Morgan fingerprint density at radius 1 is 1.31 bits per heavy atom. The van der Waals surface area contributed by atoms with E-state index in [0.717, 1.165) is 17.4 Å². The molecule has 0 aromatic carbocycles. The molecule has 2 nitrogen and oxygen atoms in total. The van der Waals surface area contributed by atoms with Crippen molar-refractivity contribution in [3.63, 3.8) is 0 Å². The zero-order valence-corrected chi connectivity index (χ0v) is 11.8. The Morgan fingerprint density at radius 2 is 2.12 bits per heavy atom. The van der Waals surface area contributed by atoms with Crippen LogP contribution in [0.2, 0.25) is 0 Å². The van der Waals surface area contributed by atoms with Crippen LogP contribution in [0.3, 0.4) is 0 Å². The lowest BCUT2D eigenvalue weighted by Crippen LogP contribution is -2.29. The topological polar surface area (TPSA) is 24.9 Å². The van der Waals surface area contributed by atoms with Gasteiger partial charge in [-0.15, -0.1) is 0 Å². The summed E-state index contributed by atoms with van der Waals surface area (Å²) in [6.45, 7) is 5.47. The van der Waals surface area contributed by atoms with Crippen molar-refractivity contribution in [1.82, 2.24) is 10.3 Å². The first kappa shape index (κ1) is 13.7. The van der Waals surface area contributed by atoms with Gasteiger partial charge in [0.2, 0.25) is 0 Å². The summed E-state index contributed by atoms with van der Waals surface area (Å²) >= 11 is 3.45. The van der Waals surface area contributed by atoms with E-state index in [9.17, 15) is 0 Å². The molecular formula is C13H21BrN2. The maximum atomic E-state index is 4.19. The molecule has 0 aliphatic heterocycles. The summed E-state index contributed by atoms with van der Waals surface area (Å²) in [6, 6.07) is 2.80. The summed E-state index contributed by atoms with van der Waals surface area (Å²) in [4.78, 5) is 4.19. The number of hydrogen-bond acceptors (Lipinski definition) is 2. The van der Waals surface area contributed by atoms with Crippen LogP contribution < -0.4 is 5.32 Å². The first-order valence-electron chi connectivity index (χ1n) is 6.09. The van der Waals surface area contributed by atoms with Crippen molar-refractivity contribution in [2.75, 3.05) is 6.54 Å². The molecule has 1 heterocycles. The van der Waals surface area contributed by atoms with Gasteiger partial charge < -0.3 is 5.32 Å². The molecule has 0 radical (unpaired) electrons. The molecular weight excluding hydrogens is 264 g/mol. The molecule has 1 aromatic rings. The average molecular weight is 285 g/mol. The third-order valence-corrected chi connectivity index (χ3v) is 3.11. The molecule has 16 heavy (non-hydrogen) atoms. The Kier molecular flexibility index (Phi) is 6.65. The second-order valence-corrected chi connectivity index (χ2v) is 5.01. The van der Waals surface area contributed by atoms with Gasteiger partial charge in [0.25, 0.3) is 0 Å². The van der Waals surface area contributed by atoms with E-state index >= 15 is 0 Å². The van der Waals surface area contributed by atoms with Crippen molar-refractivity contribution in [1.29, 1.82) is 0 Å². The van der Waals surface area contributed by atoms with E-state index in [0.29, 0.717) is 6.04 Å². The van der Waals surface area contributed by atoms with Gasteiger partial charge in [0.05, 0.1) is 0 Å². The van der Waals surface area contributed by atoms with Crippen LogP contribution in [0.4, 0.5) is 0 Å². The van der Waals surface area contributed by atoms with Gasteiger partial charge in [-0.25, -0.2) is 0 Å². The fourth-order valence-electron chi connectivity index (χ4n) is 1.92. The minimum atomic E-state index is 0.647. The van der Waals surface area contributed by atoms with Crippen LogP contribution in [0.5, 0.6) is 0 Å². The van der Waals surface area contributed by atoms with Crippen molar-refractivity contribution in [2.45, 2.75) is 45.6 Å². The van der Waals surface area contributed by atoms with Crippen LogP contribution >= 0.6 is 15.9 Å². The molecule has 3 heteroatoms. The predicted octanol–water partition coefficient (Wildman–Crippen LogP) is 3.55. The smallest absolute Gasteiger partial charge is 0.0410 e. The lowest BCUT2D eigenvalue weighted by atomic mass is 10.0. The van der Waals surface area contributed by atoms with Crippen LogP contribution in [0, 0.1) is 0 Å². The highest BCUT2D eigenvalue weighted by atomic mass is 79.9. The largest absolute Gasteiger partial charge is 0.314 e. The van der Waals surface area contributed by atoms with E-state index in [1.165, 1.54) is 24.8 Å². The molecule has 0 fully saturated rings. The Labute approximate surface area is 107 Å². The third-order valence-electron chi connectivity index (χ3n) is 2.67. The summed E-state index contributed by atoms with van der Waals surface area (Å²) in [6.07, 6.45) is 8.59. The maximum Gasteiger partial charge on any atom is 0.0410 e. The van der Waals surface area contributed by atoms with Crippen molar-refractivity contribution >= 4 is 15.9 Å². The zero-order chi connectivity index (χ0) is 11.8. The number of halogens is 1. The van der Waals surface area contributed by atoms with E-state index < -0.39 is 0 Å². The van der Waals surface area contributed by atoms with Crippen LogP contribution in [0.15, 0.2) is 22.9 Å². The second-order valence-electron chi connectivity index (χ2n) is 4.09. The highest BCUT2D eigenvalue weighted by Gasteiger charge is 2.06. The van der Waals surface area contributed by atoms with Gasteiger partial charge in [0, 0.05) is 22.9 Å². The molecule has 0 saturated heterocycles. The van der Waals surface area contributed by atoms with Crippen molar-refractivity contribution in [3.8, 4) is 0 Å². The minimum absolute atomic E-state index is 0.647. The van der Waals surface area contributed by atoms with Gasteiger partial charge >= 0.3 is 0 Å². The third kappa shape index (κ3) is 5.08. The number of aromatic nitrogens is 1. The molecule has 0 amide bonds. The fraction of sp³-hybridized carbons (Fsp3) is 0.615. The van der Waals surface area contributed by atoms with E-state index in [2.05, 4.69) is 46.1 Å². The minimum Gasteiger partial charge on any atom is -0.314 e. The van der Waals surface area contributed by atoms with Gasteiger partial charge in [-0.05, 0) is 53.4 Å². The van der Waals surface area contributed by atoms with E-state index in [4.69, 9.17) is 0 Å². The Hall–Kier alpha value is -0.410. The second kappa shape index (κ2) is 7.80. The number of pyridine rings is 1. The standard InChI is InChI=1S/C13H21BrN2/c1-3-5-13(16-4-2)7-6-11-8-12(14)10-15-9-11/h8-10,13,16H,3-7H2,1-2H3. The first-order valence-corrected chi connectivity index (χ1v) is 6.88. The highest BCUT2D eigenvalue weighted by molar-refractivity contribution is 9.10. The van der Waals surface area contributed by atoms with E-state index in [1.54, 1.807) is 0 Å². The number of nitrogens with zero attached hydrogens (tertiary/aromatic N) is 1. The van der Waals surface area contributed by atoms with Crippen LogP contribution in [0.1, 0.15) is 38.7 Å². The summed E-state index contributed by atoms with van der Waals surface area (Å²) in [5.74, 6) is 0. The summed E-state index contributed by atoms with van der Waals surface area (Å²) < 4.78 is 1.07. The molecule has 0 aliphatic rings. The quantitative estimate of drug-likeness (QED) is 0.828. The average Bonchev–Trinajstić information content (AvgIpc) is 2.27. The molecule has 1 N–H and O–H groups in total. The molecule has 1 unspecified atom stereocenters. The number of aryl methyl sites for hydroxylation is 1. The lowest BCUT2D eigenvalue weighted by Gasteiger charge is -2.16. The molecule has 0 saturated carbocycles. The van der Waals surface area contributed by atoms with Gasteiger partial charge in [-0.1, -0.05) is 20.3 Å². The molecule has 1 atom stereocenters. The normalized spacial score (nSPS) is 12.7. The van der Waals surface area contributed by atoms with Gasteiger partial charge in [-0.2, -0.15) is 0 Å². The number of hydrogen-bond donors (Lipinski definition) is 1. The van der Waals surface area contributed by atoms with Crippen LogP contribution in [0.25, 0.3) is 0 Å². The molecule has 1 rings (SSSR count). The Bertz CT molecular complexity index is 296. The Morgan fingerprint density at radius 3 is 2.75 bits per heavy atom. The van der Waals surface area contributed by atoms with Gasteiger partial charge in [0.1, 0.15) is 0 Å². The van der Waals surface area contributed by atoms with Crippen molar-refractivity contribution in [2.24, 2.45) is 0 Å². The Balaban J connectivity index is 2.41. The maximum absolute atomic E-state index is 4.19.